The zero-order valence-corrected chi connectivity index (χ0v) is 10.7. The van der Waals surface area contributed by atoms with E-state index in [2.05, 4.69) is 9.97 Å². The van der Waals surface area contributed by atoms with Gasteiger partial charge in [-0.3, -0.25) is 4.79 Å². The fraction of sp³-hybridized carbons (Fsp3) is 0. The molecule has 0 radical (unpaired) electrons. The lowest BCUT2D eigenvalue weighted by molar-refractivity contribution is 0.589. The van der Waals surface area contributed by atoms with E-state index in [4.69, 9.17) is 11.6 Å². The Balaban J connectivity index is 2.35. The summed E-state index contributed by atoms with van der Waals surface area (Å²) in [5.74, 6) is -1.59. The first-order chi connectivity index (χ1) is 9.56. The monoisotopic (exact) mass is 292 g/mol. The maximum absolute atomic E-state index is 13.8. The summed E-state index contributed by atoms with van der Waals surface area (Å²) in [6, 6.07) is 6.30. The minimum absolute atomic E-state index is 0.0859. The summed E-state index contributed by atoms with van der Waals surface area (Å²) in [5, 5.41) is 0.754. The van der Waals surface area contributed by atoms with Gasteiger partial charge in [0, 0.05) is 11.6 Å². The number of nitrogens with zero attached hydrogens (tertiary/aromatic N) is 1. The van der Waals surface area contributed by atoms with Crippen molar-refractivity contribution in [1.29, 1.82) is 0 Å². The average Bonchev–Trinajstić information content (AvgIpc) is 2.39. The van der Waals surface area contributed by atoms with E-state index in [9.17, 15) is 13.6 Å². The van der Waals surface area contributed by atoms with Gasteiger partial charge in [0.2, 0.25) is 0 Å². The standard InChI is InChI=1S/C14H7ClF2N2O/c15-12-5-11-7(6-18-12)4-8(14(20)19-11)13-9(16)2-1-3-10(13)17/h1-6H,(H,19,20). The van der Waals surface area contributed by atoms with Gasteiger partial charge in [-0.2, -0.15) is 0 Å². The van der Waals surface area contributed by atoms with Crippen LogP contribution in [0.3, 0.4) is 0 Å². The van der Waals surface area contributed by atoms with Crippen molar-refractivity contribution >= 4 is 22.5 Å². The number of hydrogen-bond donors (Lipinski definition) is 1. The first-order valence-electron chi connectivity index (χ1n) is 5.69. The molecule has 1 N–H and O–H groups in total. The van der Waals surface area contributed by atoms with Gasteiger partial charge >= 0.3 is 0 Å². The van der Waals surface area contributed by atoms with Crippen molar-refractivity contribution < 1.29 is 8.78 Å². The van der Waals surface area contributed by atoms with E-state index in [1.807, 2.05) is 0 Å². The maximum Gasteiger partial charge on any atom is 0.256 e. The van der Waals surface area contributed by atoms with Gasteiger partial charge < -0.3 is 4.98 Å². The van der Waals surface area contributed by atoms with E-state index >= 15 is 0 Å². The summed E-state index contributed by atoms with van der Waals surface area (Å²) in [7, 11) is 0. The molecule has 0 fully saturated rings. The smallest absolute Gasteiger partial charge is 0.256 e. The normalized spacial score (nSPS) is 10.9. The molecule has 2 heterocycles. The second-order valence-corrected chi connectivity index (χ2v) is 4.59. The van der Waals surface area contributed by atoms with Crippen molar-refractivity contribution in [2.75, 3.05) is 0 Å². The van der Waals surface area contributed by atoms with Crippen LogP contribution in [-0.2, 0) is 0 Å². The van der Waals surface area contributed by atoms with Gasteiger partial charge in [-0.25, -0.2) is 13.8 Å². The van der Waals surface area contributed by atoms with Gasteiger partial charge in [0.25, 0.3) is 5.56 Å². The molecule has 0 amide bonds. The predicted octanol–water partition coefficient (Wildman–Crippen LogP) is 3.52. The Morgan fingerprint density at radius 1 is 1.15 bits per heavy atom. The lowest BCUT2D eigenvalue weighted by Crippen LogP contribution is -2.10. The van der Waals surface area contributed by atoms with Gasteiger partial charge in [0.05, 0.1) is 16.6 Å². The van der Waals surface area contributed by atoms with Gasteiger partial charge in [-0.1, -0.05) is 17.7 Å². The van der Waals surface area contributed by atoms with Gasteiger partial charge in [0.15, 0.2) is 0 Å². The van der Waals surface area contributed by atoms with Crippen molar-refractivity contribution in [3.63, 3.8) is 0 Å². The number of aromatic nitrogens is 2. The van der Waals surface area contributed by atoms with Crippen LogP contribution in [0.25, 0.3) is 22.0 Å². The van der Waals surface area contributed by atoms with Crippen LogP contribution in [0.5, 0.6) is 0 Å². The molecule has 0 bridgehead atoms. The number of fused-ring (bicyclic) bond motifs is 1. The summed E-state index contributed by atoms with van der Waals surface area (Å²) >= 11 is 5.73. The number of benzene rings is 1. The zero-order chi connectivity index (χ0) is 14.3. The Morgan fingerprint density at radius 3 is 2.55 bits per heavy atom. The minimum Gasteiger partial charge on any atom is -0.321 e. The molecule has 0 aliphatic rings. The van der Waals surface area contributed by atoms with Crippen molar-refractivity contribution in [2.45, 2.75) is 0 Å². The van der Waals surface area contributed by atoms with E-state index in [1.165, 1.54) is 24.4 Å². The third kappa shape index (κ3) is 2.06. The number of H-pyrrole nitrogens is 1. The number of aromatic amines is 1. The molecule has 3 aromatic rings. The van der Waals surface area contributed by atoms with Crippen LogP contribution >= 0.6 is 11.6 Å². The average molecular weight is 293 g/mol. The molecule has 0 saturated heterocycles. The molecule has 20 heavy (non-hydrogen) atoms. The largest absolute Gasteiger partial charge is 0.321 e. The highest BCUT2D eigenvalue weighted by atomic mass is 35.5. The highest BCUT2D eigenvalue weighted by Crippen LogP contribution is 2.25. The van der Waals surface area contributed by atoms with Crippen molar-refractivity contribution in [2.24, 2.45) is 0 Å². The Hall–Kier alpha value is -2.27. The molecule has 0 saturated carbocycles. The van der Waals surface area contributed by atoms with Crippen LogP contribution in [0.15, 0.2) is 41.3 Å². The topological polar surface area (TPSA) is 45.8 Å². The fourth-order valence-electron chi connectivity index (χ4n) is 2.02. The number of nitrogens with one attached hydrogen (secondary N) is 1. The number of pyridine rings is 2. The molecule has 0 atom stereocenters. The summed E-state index contributed by atoms with van der Waals surface area (Å²) in [6.07, 6.45) is 1.43. The van der Waals surface area contributed by atoms with Gasteiger partial charge in [0.1, 0.15) is 16.8 Å². The van der Waals surface area contributed by atoms with Crippen LogP contribution in [-0.4, -0.2) is 9.97 Å². The molecule has 0 spiro atoms. The van der Waals surface area contributed by atoms with Crippen molar-refractivity contribution in [1.82, 2.24) is 9.97 Å². The van der Waals surface area contributed by atoms with E-state index < -0.39 is 17.2 Å². The molecule has 0 aliphatic carbocycles. The number of rotatable bonds is 1. The quantitative estimate of drug-likeness (QED) is 0.698. The van der Waals surface area contributed by atoms with E-state index in [0.717, 1.165) is 12.1 Å². The summed E-state index contributed by atoms with van der Waals surface area (Å²) in [5.41, 5.74) is -0.581. The predicted molar refractivity (Wildman–Crippen MR) is 72.7 cm³/mol. The third-order valence-electron chi connectivity index (χ3n) is 2.93. The second-order valence-electron chi connectivity index (χ2n) is 4.20. The Kier molecular flexibility index (Phi) is 2.99. The first-order valence-corrected chi connectivity index (χ1v) is 6.07. The van der Waals surface area contributed by atoms with Gasteiger partial charge in [-0.05, 0) is 24.3 Å². The minimum atomic E-state index is -0.795. The summed E-state index contributed by atoms with van der Waals surface area (Å²) < 4.78 is 27.5. The summed E-state index contributed by atoms with van der Waals surface area (Å²) in [6.45, 7) is 0. The van der Waals surface area contributed by atoms with E-state index in [-0.39, 0.29) is 16.3 Å². The SMILES string of the molecule is O=c1[nH]c2cc(Cl)ncc2cc1-c1c(F)cccc1F. The molecule has 0 unspecified atom stereocenters. The molecule has 6 heteroatoms. The zero-order valence-electron chi connectivity index (χ0n) is 9.95. The second kappa shape index (κ2) is 4.68. The molecule has 2 aromatic heterocycles. The molecular weight excluding hydrogens is 286 g/mol. The molecule has 3 nitrogen and oxygen atoms in total. The fourth-order valence-corrected chi connectivity index (χ4v) is 2.17. The molecular formula is C14H7ClF2N2O. The lowest BCUT2D eigenvalue weighted by atomic mass is 10.0. The first kappa shape index (κ1) is 12.7. The van der Waals surface area contributed by atoms with E-state index in [0.29, 0.717) is 10.9 Å². The van der Waals surface area contributed by atoms with Crippen LogP contribution in [0.4, 0.5) is 8.78 Å². The number of halogens is 3. The molecule has 3 rings (SSSR count). The maximum atomic E-state index is 13.8. The van der Waals surface area contributed by atoms with Gasteiger partial charge in [-0.15, -0.1) is 0 Å². The van der Waals surface area contributed by atoms with Crippen LogP contribution in [0.2, 0.25) is 5.15 Å². The number of hydrogen-bond acceptors (Lipinski definition) is 2. The summed E-state index contributed by atoms with van der Waals surface area (Å²) in [4.78, 5) is 18.4. The lowest BCUT2D eigenvalue weighted by Gasteiger charge is -2.06. The van der Waals surface area contributed by atoms with Crippen molar-refractivity contribution in [3.05, 3.63) is 63.7 Å². The molecule has 100 valence electrons. The van der Waals surface area contributed by atoms with Crippen LogP contribution in [0.1, 0.15) is 0 Å². The van der Waals surface area contributed by atoms with Crippen molar-refractivity contribution in [3.8, 4) is 11.1 Å². The third-order valence-corrected chi connectivity index (χ3v) is 3.13. The Bertz CT molecular complexity index is 856. The Labute approximate surface area is 116 Å². The van der Waals surface area contributed by atoms with Crippen LogP contribution in [0, 0.1) is 11.6 Å². The highest BCUT2D eigenvalue weighted by molar-refractivity contribution is 6.30. The highest BCUT2D eigenvalue weighted by Gasteiger charge is 2.15. The molecule has 1 aromatic carbocycles. The Morgan fingerprint density at radius 2 is 1.85 bits per heavy atom. The van der Waals surface area contributed by atoms with Crippen LogP contribution < -0.4 is 5.56 Å². The van der Waals surface area contributed by atoms with E-state index in [1.54, 1.807) is 0 Å². The molecule has 0 aliphatic heterocycles.